The maximum Gasteiger partial charge on any atom is 0.209 e. The molecule has 0 aliphatic heterocycles. The van der Waals surface area contributed by atoms with E-state index in [1.54, 1.807) is 0 Å². The van der Waals surface area contributed by atoms with Gasteiger partial charge in [0, 0.05) is 18.4 Å². The monoisotopic (exact) mass is 257 g/mol. The molecule has 0 amide bonds. The Morgan fingerprint density at radius 2 is 1.39 bits per heavy atom. The minimum Gasteiger partial charge on any atom is -0.285 e. The van der Waals surface area contributed by atoms with E-state index < -0.39 is 0 Å². The molecule has 2 aromatic carbocycles. The van der Waals surface area contributed by atoms with Crippen molar-refractivity contribution in [3.63, 3.8) is 0 Å². The molecule has 0 unspecified atom stereocenters. The molecule has 0 aliphatic carbocycles. The topological polar surface area (TPSA) is 20.3 Å². The summed E-state index contributed by atoms with van der Waals surface area (Å²) in [4.78, 5) is 11.7. The van der Waals surface area contributed by atoms with Gasteiger partial charge in [-0.15, -0.1) is 0 Å². The van der Waals surface area contributed by atoms with Crippen molar-refractivity contribution < 1.29 is 4.79 Å². The van der Waals surface area contributed by atoms with Gasteiger partial charge in [-0.25, -0.2) is 0 Å². The molecular formula is C15H15NOS. The smallest absolute Gasteiger partial charge is 0.209 e. The average Bonchev–Trinajstić information content (AvgIpc) is 2.46. The van der Waals surface area contributed by atoms with Crippen LogP contribution in [0.15, 0.2) is 60.7 Å². The number of benzene rings is 2. The van der Waals surface area contributed by atoms with Gasteiger partial charge in [-0.05, 0) is 24.3 Å². The van der Waals surface area contributed by atoms with E-state index in [9.17, 15) is 4.79 Å². The minimum atomic E-state index is 0.155. The third-order valence-corrected chi connectivity index (χ3v) is 3.56. The van der Waals surface area contributed by atoms with Gasteiger partial charge in [0.1, 0.15) is 0 Å². The second kappa shape index (κ2) is 6.26. The third kappa shape index (κ3) is 3.14. The van der Waals surface area contributed by atoms with Crippen LogP contribution in [0.2, 0.25) is 0 Å². The molecule has 0 fully saturated rings. The number of hydrogen-bond acceptors (Lipinski definition) is 3. The fourth-order valence-corrected chi connectivity index (χ4v) is 2.33. The minimum absolute atomic E-state index is 0.155. The molecule has 0 atom stereocenters. The first-order valence-electron chi connectivity index (χ1n) is 5.92. The predicted molar refractivity (Wildman–Crippen MR) is 77.9 cm³/mol. The molecule has 2 rings (SSSR count). The highest BCUT2D eigenvalue weighted by molar-refractivity contribution is 8.15. The molecule has 0 aliphatic rings. The summed E-state index contributed by atoms with van der Waals surface area (Å²) in [7, 11) is 0. The van der Waals surface area contributed by atoms with Gasteiger partial charge in [0.2, 0.25) is 5.12 Å². The predicted octanol–water partition coefficient (Wildman–Crippen LogP) is 4.41. The summed E-state index contributed by atoms with van der Waals surface area (Å²) in [6, 6.07) is 19.9. The summed E-state index contributed by atoms with van der Waals surface area (Å²) in [6.45, 7) is 1.88. The van der Waals surface area contributed by atoms with Gasteiger partial charge in [0.15, 0.2) is 0 Å². The average molecular weight is 257 g/mol. The van der Waals surface area contributed by atoms with Gasteiger partial charge in [0.25, 0.3) is 0 Å². The maximum absolute atomic E-state index is 11.7. The van der Waals surface area contributed by atoms with Gasteiger partial charge < -0.3 is 0 Å². The van der Waals surface area contributed by atoms with Crippen molar-refractivity contribution in [1.29, 1.82) is 0 Å². The molecule has 0 bridgehead atoms. The molecule has 0 radical (unpaired) electrons. The van der Waals surface area contributed by atoms with E-state index in [-0.39, 0.29) is 5.12 Å². The lowest BCUT2D eigenvalue weighted by Gasteiger charge is -2.22. The molecular weight excluding hydrogens is 242 g/mol. The first kappa shape index (κ1) is 12.7. The number of anilines is 2. The van der Waals surface area contributed by atoms with Crippen LogP contribution in [0.25, 0.3) is 0 Å². The zero-order valence-corrected chi connectivity index (χ0v) is 11.1. The van der Waals surface area contributed by atoms with Crippen molar-refractivity contribution in [3.05, 3.63) is 60.7 Å². The summed E-state index contributed by atoms with van der Waals surface area (Å²) < 4.78 is 1.96. The largest absolute Gasteiger partial charge is 0.285 e. The molecule has 3 heteroatoms. The Labute approximate surface area is 112 Å². The highest BCUT2D eigenvalue weighted by Gasteiger charge is 2.13. The number of rotatable bonds is 4. The van der Waals surface area contributed by atoms with Crippen molar-refractivity contribution in [3.8, 4) is 0 Å². The van der Waals surface area contributed by atoms with Crippen LogP contribution in [0.3, 0.4) is 0 Å². The van der Waals surface area contributed by atoms with E-state index in [4.69, 9.17) is 0 Å². The van der Waals surface area contributed by atoms with Crippen LogP contribution in [0, 0.1) is 0 Å². The van der Waals surface area contributed by atoms with E-state index in [2.05, 4.69) is 0 Å². The molecule has 92 valence electrons. The first-order valence-corrected chi connectivity index (χ1v) is 6.69. The molecule has 0 aromatic heterocycles. The maximum atomic E-state index is 11.7. The molecule has 2 aromatic rings. The highest BCUT2D eigenvalue weighted by Crippen LogP contribution is 2.32. The summed E-state index contributed by atoms with van der Waals surface area (Å²) >= 11 is 1.25. The quantitative estimate of drug-likeness (QED) is 0.757. The lowest BCUT2D eigenvalue weighted by molar-refractivity contribution is -0.110. The molecule has 0 N–H and O–H groups in total. The fourth-order valence-electron chi connectivity index (χ4n) is 1.55. The van der Waals surface area contributed by atoms with Crippen LogP contribution in [0.5, 0.6) is 0 Å². The van der Waals surface area contributed by atoms with E-state index in [0.717, 1.165) is 11.4 Å². The van der Waals surface area contributed by atoms with Crippen LogP contribution in [0.4, 0.5) is 11.4 Å². The Kier molecular flexibility index (Phi) is 4.42. The zero-order valence-electron chi connectivity index (χ0n) is 10.2. The van der Waals surface area contributed by atoms with Crippen LogP contribution >= 0.6 is 11.9 Å². The Morgan fingerprint density at radius 3 is 1.78 bits per heavy atom. The van der Waals surface area contributed by atoms with E-state index in [0.29, 0.717) is 6.42 Å². The van der Waals surface area contributed by atoms with Gasteiger partial charge in [0.05, 0.1) is 11.4 Å². The van der Waals surface area contributed by atoms with Gasteiger partial charge in [-0.1, -0.05) is 43.3 Å². The fraction of sp³-hybridized carbons (Fsp3) is 0.133. The second-order valence-electron chi connectivity index (χ2n) is 3.78. The van der Waals surface area contributed by atoms with E-state index in [1.807, 2.05) is 71.9 Å². The Morgan fingerprint density at radius 1 is 0.944 bits per heavy atom. The van der Waals surface area contributed by atoms with Crippen molar-refractivity contribution >= 4 is 28.4 Å². The Hall–Kier alpha value is -1.74. The van der Waals surface area contributed by atoms with Gasteiger partial charge in [-0.3, -0.25) is 9.10 Å². The second-order valence-corrected chi connectivity index (χ2v) is 4.79. The summed E-state index contributed by atoms with van der Waals surface area (Å²) in [5.74, 6) is 0. The number of nitrogens with zero attached hydrogens (tertiary/aromatic N) is 1. The molecule has 0 heterocycles. The van der Waals surface area contributed by atoms with Gasteiger partial charge >= 0.3 is 0 Å². The number of carbonyl (C=O) groups excluding carboxylic acids is 1. The number of para-hydroxylation sites is 2. The van der Waals surface area contributed by atoms with Crippen molar-refractivity contribution in [2.45, 2.75) is 13.3 Å². The lowest BCUT2D eigenvalue weighted by Crippen LogP contribution is -2.10. The molecule has 18 heavy (non-hydrogen) atoms. The highest BCUT2D eigenvalue weighted by atomic mass is 32.2. The van der Waals surface area contributed by atoms with Crippen molar-refractivity contribution in [2.75, 3.05) is 4.31 Å². The Bertz CT molecular complexity index is 459. The van der Waals surface area contributed by atoms with Gasteiger partial charge in [-0.2, -0.15) is 0 Å². The molecule has 0 saturated heterocycles. The van der Waals surface area contributed by atoms with Crippen LogP contribution in [0.1, 0.15) is 13.3 Å². The third-order valence-electron chi connectivity index (χ3n) is 2.46. The first-order chi connectivity index (χ1) is 8.81. The number of hydrogen-bond donors (Lipinski definition) is 0. The standard InChI is InChI=1S/C15H15NOS/c1-2-15(17)18-16(13-9-5-3-6-10-13)14-11-7-4-8-12-14/h3-12H,2H2,1H3. The molecule has 0 spiro atoms. The van der Waals surface area contributed by atoms with Crippen molar-refractivity contribution in [1.82, 2.24) is 0 Å². The summed E-state index contributed by atoms with van der Waals surface area (Å²) in [6.07, 6.45) is 0.529. The number of carbonyl (C=O) groups is 1. The van der Waals surface area contributed by atoms with Crippen LogP contribution in [-0.2, 0) is 4.79 Å². The Balaban J connectivity index is 2.32. The van der Waals surface area contributed by atoms with E-state index in [1.165, 1.54) is 11.9 Å². The lowest BCUT2D eigenvalue weighted by atomic mass is 10.3. The SMILES string of the molecule is CCC(=O)SN(c1ccccc1)c1ccccc1. The normalized spacial score (nSPS) is 10.1. The summed E-state index contributed by atoms with van der Waals surface area (Å²) in [5.41, 5.74) is 2.02. The molecule has 2 nitrogen and oxygen atoms in total. The summed E-state index contributed by atoms with van der Waals surface area (Å²) in [5, 5.41) is 0.155. The molecule has 0 saturated carbocycles. The van der Waals surface area contributed by atoms with Crippen LogP contribution in [-0.4, -0.2) is 5.12 Å². The zero-order chi connectivity index (χ0) is 12.8. The van der Waals surface area contributed by atoms with E-state index >= 15 is 0 Å². The van der Waals surface area contributed by atoms with Crippen molar-refractivity contribution in [2.24, 2.45) is 0 Å². The van der Waals surface area contributed by atoms with Crippen LogP contribution < -0.4 is 4.31 Å².